The number of hydrogen-bond acceptors (Lipinski definition) is 3. The summed E-state index contributed by atoms with van der Waals surface area (Å²) < 4.78 is 10.3. The number of methoxy groups -OCH3 is 1. The Hall–Kier alpha value is -2.13. The van der Waals surface area contributed by atoms with Crippen LogP contribution in [0.15, 0.2) is 48.5 Å². The Balaban J connectivity index is 2.02. The number of rotatable bonds is 8. The Labute approximate surface area is 144 Å². The third-order valence-corrected chi connectivity index (χ3v) is 3.94. The molecular formula is C21H26O3. The molecule has 0 radical (unpaired) electrons. The molecule has 0 saturated heterocycles. The number of esters is 1. The first-order valence-electron chi connectivity index (χ1n) is 8.53. The normalized spacial score (nSPS) is 12.0. The maximum Gasteiger partial charge on any atom is 0.338 e. The average Bonchev–Trinajstić information content (AvgIpc) is 2.60. The minimum Gasteiger partial charge on any atom is -0.457 e. The first kappa shape index (κ1) is 18.2. The molecule has 0 aromatic heterocycles. The minimum atomic E-state index is -0.319. The molecular weight excluding hydrogens is 300 g/mol. The van der Waals surface area contributed by atoms with Crippen LogP contribution in [0.2, 0.25) is 0 Å². The molecule has 0 amide bonds. The zero-order valence-electron chi connectivity index (χ0n) is 14.7. The monoisotopic (exact) mass is 326 g/mol. The van der Waals surface area contributed by atoms with Crippen LogP contribution in [-0.2, 0) is 15.9 Å². The van der Waals surface area contributed by atoms with Gasteiger partial charge in [-0.1, -0.05) is 49.7 Å². The van der Waals surface area contributed by atoms with Gasteiger partial charge in [0.2, 0.25) is 0 Å². The maximum absolute atomic E-state index is 12.0. The topological polar surface area (TPSA) is 35.5 Å². The van der Waals surface area contributed by atoms with Crippen LogP contribution in [0.4, 0.5) is 0 Å². The summed E-state index contributed by atoms with van der Waals surface area (Å²) in [5.41, 5.74) is 4.18. The Morgan fingerprint density at radius 3 is 2.12 bits per heavy atom. The molecule has 0 bridgehead atoms. The van der Waals surface area contributed by atoms with E-state index in [4.69, 9.17) is 9.47 Å². The standard InChI is InChI=1S/C21H26O3/c1-4-5-6-17-7-9-18(10-8-17)19-11-13-20(14-12-19)21(22)24-16(2)15-23-3/h7-14,16H,4-6,15H2,1-3H3. The van der Waals surface area contributed by atoms with Crippen molar-refractivity contribution in [1.82, 2.24) is 0 Å². The molecule has 2 rings (SSSR count). The van der Waals surface area contributed by atoms with E-state index >= 15 is 0 Å². The van der Waals surface area contributed by atoms with E-state index < -0.39 is 0 Å². The summed E-state index contributed by atoms with van der Waals surface area (Å²) >= 11 is 0. The van der Waals surface area contributed by atoms with E-state index in [1.807, 2.05) is 31.2 Å². The zero-order valence-corrected chi connectivity index (χ0v) is 14.7. The summed E-state index contributed by atoms with van der Waals surface area (Å²) in [6.07, 6.45) is 3.30. The van der Waals surface area contributed by atoms with E-state index in [9.17, 15) is 4.79 Å². The summed E-state index contributed by atoms with van der Waals surface area (Å²) in [7, 11) is 1.59. The van der Waals surface area contributed by atoms with E-state index in [2.05, 4.69) is 31.2 Å². The predicted octanol–water partition coefficient (Wildman–Crippen LogP) is 4.89. The number of aryl methyl sites for hydroxylation is 1. The molecule has 0 spiro atoms. The van der Waals surface area contributed by atoms with Crippen molar-refractivity contribution in [3.05, 3.63) is 59.7 Å². The minimum absolute atomic E-state index is 0.252. The van der Waals surface area contributed by atoms with Gasteiger partial charge in [0.25, 0.3) is 0 Å². The van der Waals surface area contributed by atoms with Crippen LogP contribution in [0.1, 0.15) is 42.6 Å². The fraction of sp³-hybridized carbons (Fsp3) is 0.381. The molecule has 128 valence electrons. The number of benzene rings is 2. The molecule has 1 atom stereocenters. The largest absolute Gasteiger partial charge is 0.457 e. The van der Waals surface area contributed by atoms with Gasteiger partial charge in [0.1, 0.15) is 6.10 Å². The zero-order chi connectivity index (χ0) is 17.4. The van der Waals surface area contributed by atoms with Gasteiger partial charge in [-0.05, 0) is 48.6 Å². The highest BCUT2D eigenvalue weighted by atomic mass is 16.6. The van der Waals surface area contributed by atoms with E-state index in [1.54, 1.807) is 7.11 Å². The average molecular weight is 326 g/mol. The van der Waals surface area contributed by atoms with Gasteiger partial charge in [0.15, 0.2) is 0 Å². The van der Waals surface area contributed by atoms with E-state index in [0.717, 1.165) is 17.5 Å². The van der Waals surface area contributed by atoms with Crippen molar-refractivity contribution in [1.29, 1.82) is 0 Å². The Kier molecular flexibility index (Phi) is 7.01. The van der Waals surface area contributed by atoms with Crippen LogP contribution in [0.25, 0.3) is 11.1 Å². The van der Waals surface area contributed by atoms with Crippen LogP contribution < -0.4 is 0 Å². The quantitative estimate of drug-likeness (QED) is 0.648. The molecule has 2 aromatic rings. The van der Waals surface area contributed by atoms with Crippen LogP contribution in [0.3, 0.4) is 0 Å². The molecule has 3 heteroatoms. The van der Waals surface area contributed by atoms with Gasteiger partial charge in [-0.2, -0.15) is 0 Å². The summed E-state index contributed by atoms with van der Waals surface area (Å²) in [6, 6.07) is 16.2. The van der Waals surface area contributed by atoms with Crippen LogP contribution in [0, 0.1) is 0 Å². The number of hydrogen-bond donors (Lipinski definition) is 0. The van der Waals surface area contributed by atoms with Gasteiger partial charge in [-0.25, -0.2) is 4.79 Å². The van der Waals surface area contributed by atoms with Crippen molar-refractivity contribution in [2.75, 3.05) is 13.7 Å². The first-order valence-corrected chi connectivity index (χ1v) is 8.53. The van der Waals surface area contributed by atoms with Gasteiger partial charge in [0, 0.05) is 7.11 Å². The molecule has 0 aliphatic heterocycles. The Morgan fingerprint density at radius 2 is 1.58 bits per heavy atom. The molecule has 1 unspecified atom stereocenters. The molecule has 3 nitrogen and oxygen atoms in total. The van der Waals surface area contributed by atoms with E-state index in [0.29, 0.717) is 12.2 Å². The van der Waals surface area contributed by atoms with Gasteiger partial charge in [0.05, 0.1) is 12.2 Å². The highest BCUT2D eigenvalue weighted by Gasteiger charge is 2.11. The maximum atomic E-state index is 12.0. The van der Waals surface area contributed by atoms with Gasteiger partial charge in [-0.15, -0.1) is 0 Å². The van der Waals surface area contributed by atoms with Crippen LogP contribution in [0.5, 0.6) is 0 Å². The second kappa shape index (κ2) is 9.24. The van der Waals surface area contributed by atoms with Crippen molar-refractivity contribution in [3.63, 3.8) is 0 Å². The second-order valence-electron chi connectivity index (χ2n) is 6.05. The predicted molar refractivity (Wildman–Crippen MR) is 97.2 cm³/mol. The summed E-state index contributed by atoms with van der Waals surface area (Å²) in [6.45, 7) is 4.42. The number of ether oxygens (including phenoxy) is 2. The Bertz CT molecular complexity index is 629. The molecule has 0 aliphatic rings. The van der Waals surface area contributed by atoms with Crippen LogP contribution >= 0.6 is 0 Å². The highest BCUT2D eigenvalue weighted by Crippen LogP contribution is 2.21. The molecule has 0 saturated carbocycles. The Morgan fingerprint density at radius 1 is 1.00 bits per heavy atom. The SMILES string of the molecule is CCCCc1ccc(-c2ccc(C(=O)OC(C)COC)cc2)cc1. The van der Waals surface area contributed by atoms with Crippen molar-refractivity contribution < 1.29 is 14.3 Å². The highest BCUT2D eigenvalue weighted by molar-refractivity contribution is 5.90. The molecule has 0 aliphatic carbocycles. The number of carbonyl (C=O) groups is 1. The second-order valence-corrected chi connectivity index (χ2v) is 6.05. The van der Waals surface area contributed by atoms with Crippen LogP contribution in [-0.4, -0.2) is 25.8 Å². The number of unbranched alkanes of at least 4 members (excludes halogenated alkanes) is 1. The molecule has 0 fully saturated rings. The third-order valence-electron chi connectivity index (χ3n) is 3.94. The van der Waals surface area contributed by atoms with E-state index in [-0.39, 0.29) is 12.1 Å². The van der Waals surface area contributed by atoms with Gasteiger partial charge < -0.3 is 9.47 Å². The fourth-order valence-corrected chi connectivity index (χ4v) is 2.56. The van der Waals surface area contributed by atoms with Crippen molar-refractivity contribution in [2.24, 2.45) is 0 Å². The lowest BCUT2D eigenvalue weighted by Crippen LogP contribution is -2.19. The summed E-state index contributed by atoms with van der Waals surface area (Å²) in [5, 5.41) is 0. The first-order chi connectivity index (χ1) is 11.6. The van der Waals surface area contributed by atoms with Crippen molar-refractivity contribution in [3.8, 4) is 11.1 Å². The molecule has 24 heavy (non-hydrogen) atoms. The van der Waals surface area contributed by atoms with Crippen molar-refractivity contribution >= 4 is 5.97 Å². The smallest absolute Gasteiger partial charge is 0.338 e. The number of carbonyl (C=O) groups excluding carboxylic acids is 1. The van der Waals surface area contributed by atoms with Crippen molar-refractivity contribution in [2.45, 2.75) is 39.2 Å². The third kappa shape index (κ3) is 5.20. The lowest BCUT2D eigenvalue weighted by atomic mass is 10.0. The summed E-state index contributed by atoms with van der Waals surface area (Å²) in [5.74, 6) is -0.319. The van der Waals surface area contributed by atoms with Gasteiger partial charge >= 0.3 is 5.97 Å². The molecule has 0 heterocycles. The summed E-state index contributed by atoms with van der Waals surface area (Å²) in [4.78, 5) is 12.0. The molecule has 2 aromatic carbocycles. The molecule has 0 N–H and O–H groups in total. The lowest BCUT2D eigenvalue weighted by Gasteiger charge is -2.12. The van der Waals surface area contributed by atoms with E-state index in [1.165, 1.54) is 18.4 Å². The lowest BCUT2D eigenvalue weighted by molar-refractivity contribution is 0.0120. The fourth-order valence-electron chi connectivity index (χ4n) is 2.56. The van der Waals surface area contributed by atoms with Gasteiger partial charge in [-0.3, -0.25) is 0 Å².